The molecule has 1 aliphatic heterocycles. The molecule has 0 aliphatic carbocycles. The molecule has 7 nitrogen and oxygen atoms in total. The second-order valence-corrected chi connectivity index (χ2v) is 6.65. The first-order valence-corrected chi connectivity index (χ1v) is 8.79. The van der Waals surface area contributed by atoms with E-state index >= 15 is 0 Å². The molecule has 0 spiro atoms. The molecule has 28 heavy (non-hydrogen) atoms. The quantitative estimate of drug-likeness (QED) is 0.717. The molecule has 3 aromatic rings. The Labute approximate surface area is 158 Å². The highest BCUT2D eigenvalue weighted by Gasteiger charge is 2.31. The number of aromatic amines is 1. The van der Waals surface area contributed by atoms with Gasteiger partial charge in [-0.05, 0) is 37.1 Å². The third-order valence-electron chi connectivity index (χ3n) is 4.77. The van der Waals surface area contributed by atoms with Gasteiger partial charge in [0.2, 0.25) is 5.91 Å². The molecule has 1 aliphatic rings. The molecule has 1 atom stereocenters. The average molecular weight is 390 g/mol. The second-order valence-electron chi connectivity index (χ2n) is 6.65. The van der Waals surface area contributed by atoms with Crippen LogP contribution in [0.4, 0.5) is 24.7 Å². The predicted molar refractivity (Wildman–Crippen MR) is 96.7 cm³/mol. The summed E-state index contributed by atoms with van der Waals surface area (Å²) in [6.45, 7) is 1.20. The number of piperidine rings is 1. The second kappa shape index (κ2) is 7.10. The van der Waals surface area contributed by atoms with E-state index in [2.05, 4.69) is 25.3 Å². The Balaban J connectivity index is 1.46. The zero-order valence-electron chi connectivity index (χ0n) is 14.7. The molecule has 2 aromatic heterocycles. The molecule has 1 saturated heterocycles. The number of hydrogen-bond donors (Lipinski definition) is 2. The van der Waals surface area contributed by atoms with Gasteiger partial charge in [0.1, 0.15) is 11.8 Å². The van der Waals surface area contributed by atoms with Gasteiger partial charge in [-0.25, -0.2) is 15.0 Å². The van der Waals surface area contributed by atoms with Gasteiger partial charge < -0.3 is 15.2 Å². The monoisotopic (exact) mass is 390 g/mol. The first kappa shape index (κ1) is 18.2. The summed E-state index contributed by atoms with van der Waals surface area (Å²) in [5.74, 6) is 0.165. The summed E-state index contributed by atoms with van der Waals surface area (Å²) < 4.78 is 38.0. The molecule has 1 amide bonds. The Hall–Kier alpha value is -3.17. The molecule has 1 fully saturated rings. The number of rotatable bonds is 3. The third-order valence-corrected chi connectivity index (χ3v) is 4.77. The van der Waals surface area contributed by atoms with Gasteiger partial charge in [0.15, 0.2) is 11.5 Å². The van der Waals surface area contributed by atoms with Gasteiger partial charge in [-0.15, -0.1) is 0 Å². The molecular formula is C18H17F3N6O. The first-order chi connectivity index (χ1) is 13.4. The lowest BCUT2D eigenvalue weighted by Crippen LogP contribution is -2.41. The van der Waals surface area contributed by atoms with E-state index < -0.39 is 11.7 Å². The Morgan fingerprint density at radius 1 is 1.18 bits per heavy atom. The fourth-order valence-electron chi connectivity index (χ4n) is 3.36. The average Bonchev–Trinajstić information content (AvgIpc) is 3.16. The lowest BCUT2D eigenvalue weighted by molar-refractivity contribution is -0.137. The maximum atomic E-state index is 12.7. The molecule has 1 unspecified atom stereocenters. The summed E-state index contributed by atoms with van der Waals surface area (Å²) in [4.78, 5) is 30.2. The molecule has 146 valence electrons. The molecule has 10 heteroatoms. The summed E-state index contributed by atoms with van der Waals surface area (Å²) in [6.07, 6.45) is 0.0683. The van der Waals surface area contributed by atoms with Crippen LogP contribution in [0.25, 0.3) is 11.2 Å². The summed E-state index contributed by atoms with van der Waals surface area (Å²) in [5, 5.41) is 2.71. The number of anilines is 2. The van der Waals surface area contributed by atoms with E-state index in [1.54, 1.807) is 6.33 Å². The minimum Gasteiger partial charge on any atom is -0.354 e. The lowest BCUT2D eigenvalue weighted by Gasteiger charge is -2.32. The number of amides is 1. The number of fused-ring (bicyclic) bond motifs is 1. The maximum Gasteiger partial charge on any atom is 0.416 e. The normalized spacial score (nSPS) is 17.7. The van der Waals surface area contributed by atoms with Crippen molar-refractivity contribution < 1.29 is 18.0 Å². The number of carbonyl (C=O) groups excluding carboxylic acids is 1. The van der Waals surface area contributed by atoms with E-state index in [1.165, 1.54) is 18.5 Å². The highest BCUT2D eigenvalue weighted by molar-refractivity contribution is 5.93. The zero-order chi connectivity index (χ0) is 19.7. The summed E-state index contributed by atoms with van der Waals surface area (Å²) in [6, 6.07) is 4.44. The Morgan fingerprint density at radius 3 is 2.71 bits per heavy atom. The van der Waals surface area contributed by atoms with E-state index in [0.717, 1.165) is 25.1 Å². The standard InChI is InChI=1S/C18H17F3N6O/c19-18(20,21)12-3-5-13(6-4-12)26-17(28)11-2-1-7-27(8-11)16-14-15(23-9-22-14)24-10-25-16/h3-6,9-11H,1-2,7-8H2,(H,26,28)(H,22,23,24,25). The fraction of sp³-hybridized carbons (Fsp3) is 0.333. The van der Waals surface area contributed by atoms with E-state index in [1.807, 2.05) is 4.90 Å². The number of halogens is 3. The van der Waals surface area contributed by atoms with Gasteiger partial charge in [0.25, 0.3) is 0 Å². The number of carbonyl (C=O) groups is 1. The molecule has 1 aromatic carbocycles. The topological polar surface area (TPSA) is 86.8 Å². The highest BCUT2D eigenvalue weighted by atomic mass is 19.4. The minimum absolute atomic E-state index is 0.223. The van der Waals surface area contributed by atoms with Crippen LogP contribution in [0.3, 0.4) is 0 Å². The molecule has 2 N–H and O–H groups in total. The summed E-state index contributed by atoms with van der Waals surface area (Å²) in [5.41, 5.74) is 0.863. The Kier molecular flexibility index (Phi) is 4.62. The van der Waals surface area contributed by atoms with Crippen molar-refractivity contribution in [3.05, 3.63) is 42.5 Å². The van der Waals surface area contributed by atoms with Crippen molar-refractivity contribution in [2.75, 3.05) is 23.3 Å². The van der Waals surface area contributed by atoms with Crippen LogP contribution in [0.2, 0.25) is 0 Å². The SMILES string of the molecule is O=C(Nc1ccc(C(F)(F)F)cc1)C1CCCN(c2ncnc3nc[nH]c23)C1. The summed E-state index contributed by atoms with van der Waals surface area (Å²) in [7, 11) is 0. The van der Waals surface area contributed by atoms with Crippen LogP contribution in [0, 0.1) is 5.92 Å². The number of H-pyrrole nitrogens is 1. The molecule has 0 radical (unpaired) electrons. The number of benzene rings is 1. The number of aromatic nitrogens is 4. The number of alkyl halides is 3. The van der Waals surface area contributed by atoms with Crippen molar-refractivity contribution in [2.45, 2.75) is 19.0 Å². The van der Waals surface area contributed by atoms with E-state index in [9.17, 15) is 18.0 Å². The van der Waals surface area contributed by atoms with Crippen molar-refractivity contribution in [2.24, 2.45) is 5.92 Å². The number of imidazole rings is 1. The smallest absolute Gasteiger partial charge is 0.354 e. The van der Waals surface area contributed by atoms with Crippen LogP contribution in [0.1, 0.15) is 18.4 Å². The number of nitrogens with zero attached hydrogens (tertiary/aromatic N) is 4. The molecule has 4 rings (SSSR count). The number of hydrogen-bond acceptors (Lipinski definition) is 5. The third kappa shape index (κ3) is 3.62. The first-order valence-electron chi connectivity index (χ1n) is 8.79. The predicted octanol–water partition coefficient (Wildman–Crippen LogP) is 3.23. The van der Waals surface area contributed by atoms with Gasteiger partial charge in [-0.2, -0.15) is 13.2 Å². The molecule has 0 saturated carbocycles. The van der Waals surface area contributed by atoms with Crippen molar-refractivity contribution in [3.63, 3.8) is 0 Å². The van der Waals surface area contributed by atoms with E-state index in [4.69, 9.17) is 0 Å². The fourth-order valence-corrected chi connectivity index (χ4v) is 3.36. The zero-order valence-corrected chi connectivity index (χ0v) is 14.7. The van der Waals surface area contributed by atoms with E-state index in [0.29, 0.717) is 35.6 Å². The Morgan fingerprint density at radius 2 is 1.96 bits per heavy atom. The van der Waals surface area contributed by atoms with Gasteiger partial charge in [-0.1, -0.05) is 0 Å². The van der Waals surface area contributed by atoms with Gasteiger partial charge in [0, 0.05) is 18.8 Å². The largest absolute Gasteiger partial charge is 0.416 e. The van der Waals surface area contributed by atoms with Gasteiger partial charge >= 0.3 is 6.18 Å². The van der Waals surface area contributed by atoms with Crippen molar-refractivity contribution in [1.29, 1.82) is 0 Å². The van der Waals surface area contributed by atoms with Crippen LogP contribution in [0.5, 0.6) is 0 Å². The van der Waals surface area contributed by atoms with Crippen LogP contribution in [0.15, 0.2) is 36.9 Å². The summed E-state index contributed by atoms with van der Waals surface area (Å²) >= 11 is 0. The van der Waals surface area contributed by atoms with Gasteiger partial charge in [0.05, 0.1) is 17.8 Å². The molecule has 0 bridgehead atoms. The molecular weight excluding hydrogens is 373 g/mol. The van der Waals surface area contributed by atoms with Crippen LogP contribution >= 0.6 is 0 Å². The Bertz CT molecular complexity index is 985. The highest BCUT2D eigenvalue weighted by Crippen LogP contribution is 2.30. The van der Waals surface area contributed by atoms with Crippen molar-refractivity contribution in [1.82, 2.24) is 19.9 Å². The minimum atomic E-state index is -4.40. The maximum absolute atomic E-state index is 12.7. The van der Waals surface area contributed by atoms with Crippen LogP contribution in [-0.2, 0) is 11.0 Å². The van der Waals surface area contributed by atoms with E-state index in [-0.39, 0.29) is 11.8 Å². The molecule has 3 heterocycles. The number of nitrogens with one attached hydrogen (secondary N) is 2. The van der Waals surface area contributed by atoms with Crippen molar-refractivity contribution >= 4 is 28.6 Å². The van der Waals surface area contributed by atoms with Crippen LogP contribution in [-0.4, -0.2) is 38.9 Å². The van der Waals surface area contributed by atoms with Gasteiger partial charge in [-0.3, -0.25) is 4.79 Å². The van der Waals surface area contributed by atoms with Crippen molar-refractivity contribution in [3.8, 4) is 0 Å². The van der Waals surface area contributed by atoms with Crippen LogP contribution < -0.4 is 10.2 Å². The lowest BCUT2D eigenvalue weighted by atomic mass is 9.97.